The van der Waals surface area contributed by atoms with Gasteiger partial charge in [-0.1, -0.05) is 27.2 Å². The number of rotatable bonds is 4. The van der Waals surface area contributed by atoms with Crippen LogP contribution in [-0.2, 0) is 4.79 Å². The van der Waals surface area contributed by atoms with Gasteiger partial charge in [-0.15, -0.1) is 0 Å². The second-order valence-corrected chi connectivity index (χ2v) is 2.80. The molecule has 2 nitrogen and oxygen atoms in total. The van der Waals surface area contributed by atoms with Crippen molar-refractivity contribution in [2.75, 3.05) is 6.54 Å². The quantitative estimate of drug-likeness (QED) is 0.600. The lowest BCUT2D eigenvalue weighted by atomic mass is 10.2. The molecule has 0 radical (unpaired) electrons. The van der Waals surface area contributed by atoms with Gasteiger partial charge in [0.25, 0.3) is 0 Å². The van der Waals surface area contributed by atoms with E-state index in [9.17, 15) is 4.79 Å². The summed E-state index contributed by atoms with van der Waals surface area (Å²) >= 11 is 0. The van der Waals surface area contributed by atoms with E-state index in [0.29, 0.717) is 0 Å². The Morgan fingerprint density at radius 3 is 2.60 bits per heavy atom. The van der Waals surface area contributed by atoms with Crippen LogP contribution >= 0.6 is 0 Å². The highest BCUT2D eigenvalue weighted by Gasteiger charge is 2.03. The van der Waals surface area contributed by atoms with Crippen molar-refractivity contribution >= 4 is 5.91 Å². The van der Waals surface area contributed by atoms with Crippen molar-refractivity contribution in [3.05, 3.63) is 0 Å². The predicted octanol–water partition coefficient (Wildman–Crippen LogP) is 1.80. The zero-order chi connectivity index (χ0) is 7.98. The molecule has 0 unspecified atom stereocenters. The van der Waals surface area contributed by atoms with E-state index in [1.54, 1.807) is 0 Å². The molecule has 10 heavy (non-hydrogen) atoms. The molecule has 2 heteroatoms. The van der Waals surface area contributed by atoms with Gasteiger partial charge >= 0.3 is 0 Å². The highest BCUT2D eigenvalue weighted by molar-refractivity contribution is 5.77. The lowest BCUT2D eigenvalue weighted by Crippen LogP contribution is -2.28. The minimum atomic E-state index is 0. The standard InChI is InChI=1S/C8H17NO.H2/c1-4-5-6-9-8(10)7(2)3;/h7H,4-6H2,1-3H3,(H,9,10);1H. The number of unbranched alkanes of at least 4 members (excludes halogenated alkanes) is 1. The molecule has 1 amide bonds. The summed E-state index contributed by atoms with van der Waals surface area (Å²) in [4.78, 5) is 10.9. The summed E-state index contributed by atoms with van der Waals surface area (Å²) in [5, 5.41) is 2.84. The number of hydrogen-bond donors (Lipinski definition) is 1. The first-order valence-corrected chi connectivity index (χ1v) is 3.96. The van der Waals surface area contributed by atoms with E-state index in [4.69, 9.17) is 0 Å². The molecule has 0 saturated heterocycles. The number of carbonyl (C=O) groups is 1. The van der Waals surface area contributed by atoms with Crippen molar-refractivity contribution in [1.29, 1.82) is 0 Å². The number of carbonyl (C=O) groups excluding carboxylic acids is 1. The third kappa shape index (κ3) is 4.36. The van der Waals surface area contributed by atoms with E-state index in [-0.39, 0.29) is 13.3 Å². The van der Waals surface area contributed by atoms with Crippen LogP contribution in [0.4, 0.5) is 0 Å². The van der Waals surface area contributed by atoms with Crippen molar-refractivity contribution in [3.8, 4) is 0 Å². The zero-order valence-electron chi connectivity index (χ0n) is 7.11. The fraction of sp³-hybridized carbons (Fsp3) is 0.875. The molecule has 0 aliphatic rings. The second-order valence-electron chi connectivity index (χ2n) is 2.80. The lowest BCUT2D eigenvalue weighted by molar-refractivity contribution is -0.123. The van der Waals surface area contributed by atoms with E-state index < -0.39 is 0 Å². The molecule has 0 aromatic carbocycles. The number of amides is 1. The molecular weight excluding hydrogens is 126 g/mol. The van der Waals surface area contributed by atoms with Crippen LogP contribution in [0, 0.1) is 5.92 Å². The third-order valence-electron chi connectivity index (χ3n) is 1.35. The van der Waals surface area contributed by atoms with Gasteiger partial charge in [-0.25, -0.2) is 0 Å². The largest absolute Gasteiger partial charge is 0.356 e. The van der Waals surface area contributed by atoms with Crippen LogP contribution in [0.15, 0.2) is 0 Å². The SMILES string of the molecule is CCCCNC(=O)C(C)C.[HH]. The van der Waals surface area contributed by atoms with Crippen molar-refractivity contribution in [3.63, 3.8) is 0 Å². The Labute approximate surface area is 64.5 Å². The van der Waals surface area contributed by atoms with Crippen LogP contribution in [0.2, 0.25) is 0 Å². The van der Waals surface area contributed by atoms with E-state index in [2.05, 4.69) is 12.2 Å². The topological polar surface area (TPSA) is 29.1 Å². The summed E-state index contributed by atoms with van der Waals surface area (Å²) in [5.41, 5.74) is 0. The van der Waals surface area contributed by atoms with Crippen LogP contribution in [-0.4, -0.2) is 12.5 Å². The van der Waals surface area contributed by atoms with Crippen molar-refractivity contribution in [2.45, 2.75) is 33.6 Å². The summed E-state index contributed by atoms with van der Waals surface area (Å²) in [6.07, 6.45) is 2.22. The summed E-state index contributed by atoms with van der Waals surface area (Å²) in [6.45, 7) is 6.75. The summed E-state index contributed by atoms with van der Waals surface area (Å²) in [7, 11) is 0. The monoisotopic (exact) mass is 145 g/mol. The molecule has 0 rings (SSSR count). The van der Waals surface area contributed by atoms with E-state index in [1.165, 1.54) is 0 Å². The first-order chi connectivity index (χ1) is 4.68. The Morgan fingerprint density at radius 2 is 2.20 bits per heavy atom. The Kier molecular flexibility index (Phi) is 4.99. The molecule has 0 spiro atoms. The van der Waals surface area contributed by atoms with Crippen LogP contribution in [0.1, 0.15) is 35.0 Å². The fourth-order valence-corrected chi connectivity index (χ4v) is 0.592. The van der Waals surface area contributed by atoms with Gasteiger partial charge < -0.3 is 5.32 Å². The van der Waals surface area contributed by atoms with Gasteiger partial charge in [0.2, 0.25) is 5.91 Å². The Hall–Kier alpha value is -0.530. The van der Waals surface area contributed by atoms with E-state index in [0.717, 1.165) is 19.4 Å². The predicted molar refractivity (Wildman–Crippen MR) is 44.9 cm³/mol. The molecule has 0 aromatic heterocycles. The van der Waals surface area contributed by atoms with Gasteiger partial charge in [0.1, 0.15) is 0 Å². The summed E-state index contributed by atoms with van der Waals surface area (Å²) in [6, 6.07) is 0. The van der Waals surface area contributed by atoms with Gasteiger partial charge in [-0.2, -0.15) is 0 Å². The maximum atomic E-state index is 10.9. The van der Waals surface area contributed by atoms with E-state index in [1.807, 2.05) is 13.8 Å². The average Bonchev–Trinajstić information content (AvgIpc) is 1.88. The molecule has 62 valence electrons. The molecule has 0 heterocycles. The minimum absolute atomic E-state index is 0. The second kappa shape index (κ2) is 5.27. The van der Waals surface area contributed by atoms with Crippen LogP contribution in [0.25, 0.3) is 0 Å². The Bertz CT molecular complexity index is 104. The molecule has 0 bridgehead atoms. The lowest BCUT2D eigenvalue weighted by Gasteiger charge is -2.05. The van der Waals surface area contributed by atoms with Crippen LogP contribution < -0.4 is 5.32 Å². The third-order valence-corrected chi connectivity index (χ3v) is 1.35. The molecule has 0 fully saturated rings. The zero-order valence-corrected chi connectivity index (χ0v) is 7.11. The molecular formula is C8H19NO. The number of nitrogens with one attached hydrogen (secondary N) is 1. The van der Waals surface area contributed by atoms with Gasteiger partial charge in [0, 0.05) is 13.9 Å². The van der Waals surface area contributed by atoms with Gasteiger partial charge in [0.05, 0.1) is 0 Å². The molecule has 0 aliphatic heterocycles. The molecule has 0 atom stereocenters. The normalized spacial score (nSPS) is 10.0. The summed E-state index contributed by atoms with van der Waals surface area (Å²) < 4.78 is 0. The first kappa shape index (κ1) is 9.47. The van der Waals surface area contributed by atoms with E-state index >= 15 is 0 Å². The molecule has 0 aliphatic carbocycles. The van der Waals surface area contributed by atoms with Gasteiger partial charge in [0.15, 0.2) is 0 Å². The minimum Gasteiger partial charge on any atom is -0.356 e. The number of hydrogen-bond acceptors (Lipinski definition) is 1. The Morgan fingerprint density at radius 1 is 1.60 bits per heavy atom. The van der Waals surface area contributed by atoms with Crippen LogP contribution in [0.3, 0.4) is 0 Å². The highest BCUT2D eigenvalue weighted by Crippen LogP contribution is 1.91. The van der Waals surface area contributed by atoms with Gasteiger partial charge in [-0.3, -0.25) is 4.79 Å². The highest BCUT2D eigenvalue weighted by atomic mass is 16.1. The van der Waals surface area contributed by atoms with Crippen LogP contribution in [0.5, 0.6) is 0 Å². The molecule has 0 saturated carbocycles. The van der Waals surface area contributed by atoms with Crippen molar-refractivity contribution in [1.82, 2.24) is 5.32 Å². The molecule has 1 N–H and O–H groups in total. The fourth-order valence-electron chi connectivity index (χ4n) is 0.592. The molecule has 0 aromatic rings. The van der Waals surface area contributed by atoms with Crippen molar-refractivity contribution in [2.24, 2.45) is 5.92 Å². The first-order valence-electron chi connectivity index (χ1n) is 3.96. The smallest absolute Gasteiger partial charge is 0.222 e. The average molecular weight is 145 g/mol. The Balaban J connectivity index is 0. The van der Waals surface area contributed by atoms with Crippen molar-refractivity contribution < 1.29 is 6.22 Å². The maximum absolute atomic E-state index is 10.9. The van der Waals surface area contributed by atoms with Gasteiger partial charge in [-0.05, 0) is 6.42 Å². The summed E-state index contributed by atoms with van der Waals surface area (Å²) in [5.74, 6) is 0.283. The maximum Gasteiger partial charge on any atom is 0.222 e.